The highest BCUT2D eigenvalue weighted by Crippen LogP contribution is 2.03. The van der Waals surface area contributed by atoms with E-state index >= 15 is 0 Å². The van der Waals surface area contributed by atoms with Crippen molar-refractivity contribution in [3.8, 4) is 0 Å². The molecule has 1 aromatic rings. The molecule has 0 spiro atoms. The molecule has 0 aliphatic carbocycles. The van der Waals surface area contributed by atoms with Crippen LogP contribution in [0.4, 0.5) is 0 Å². The molecule has 0 heterocycles. The Bertz CT molecular complexity index is 390. The molecule has 16 heavy (non-hydrogen) atoms. The van der Waals surface area contributed by atoms with E-state index in [1.54, 1.807) is 0 Å². The Morgan fingerprint density at radius 1 is 1.12 bits per heavy atom. The van der Waals surface area contributed by atoms with Crippen LogP contribution in [0, 0.1) is 0 Å². The van der Waals surface area contributed by atoms with Gasteiger partial charge in [-0.05, 0) is 12.1 Å². The van der Waals surface area contributed by atoms with E-state index < -0.39 is 10.0 Å². The number of nitrogens with one attached hydrogen (secondary N) is 2. The Kier molecular flexibility index (Phi) is 5.45. The van der Waals surface area contributed by atoms with Crippen LogP contribution in [0.1, 0.15) is 12.5 Å². The second-order valence-corrected chi connectivity index (χ2v) is 5.30. The van der Waals surface area contributed by atoms with Crippen molar-refractivity contribution >= 4 is 10.0 Å². The fraction of sp³-hybridized carbons (Fsp3) is 0.455. The van der Waals surface area contributed by atoms with Crippen LogP contribution < -0.4 is 10.0 Å². The van der Waals surface area contributed by atoms with E-state index in [1.165, 1.54) is 0 Å². The van der Waals surface area contributed by atoms with Gasteiger partial charge in [-0.25, -0.2) is 13.1 Å². The molecule has 0 aliphatic heterocycles. The van der Waals surface area contributed by atoms with Crippen molar-refractivity contribution < 1.29 is 8.42 Å². The van der Waals surface area contributed by atoms with Gasteiger partial charge in [0, 0.05) is 13.1 Å². The molecule has 4 nitrogen and oxygen atoms in total. The Morgan fingerprint density at radius 3 is 2.44 bits per heavy atom. The summed E-state index contributed by atoms with van der Waals surface area (Å²) in [5.41, 5.74) is 0.804. The summed E-state index contributed by atoms with van der Waals surface area (Å²) in [6, 6.07) is 9.16. The third-order valence-electron chi connectivity index (χ3n) is 2.07. The normalized spacial score (nSPS) is 11.6. The van der Waals surface area contributed by atoms with Crippen LogP contribution in [-0.2, 0) is 15.8 Å². The molecule has 0 atom stereocenters. The van der Waals surface area contributed by atoms with E-state index in [0.717, 1.165) is 12.1 Å². The number of hydrogen-bond acceptors (Lipinski definition) is 3. The van der Waals surface area contributed by atoms with Crippen LogP contribution in [0.25, 0.3) is 0 Å². The summed E-state index contributed by atoms with van der Waals surface area (Å²) in [6.07, 6.45) is 0. The van der Waals surface area contributed by atoms with Gasteiger partial charge < -0.3 is 5.32 Å². The first kappa shape index (κ1) is 13.2. The second-order valence-electron chi connectivity index (χ2n) is 3.49. The largest absolute Gasteiger partial charge is 0.316 e. The quantitative estimate of drug-likeness (QED) is 0.693. The topological polar surface area (TPSA) is 58.2 Å². The number of likely N-dealkylation sites (N-methyl/N-ethyl adjacent to an activating group) is 1. The number of rotatable bonds is 7. The van der Waals surface area contributed by atoms with Crippen molar-refractivity contribution in [2.24, 2.45) is 0 Å². The summed E-state index contributed by atoms with van der Waals surface area (Å²) in [5.74, 6) is 0.0416. The SMILES string of the molecule is CCNCCNS(=O)(=O)Cc1ccccc1. The van der Waals surface area contributed by atoms with Crippen molar-refractivity contribution in [1.29, 1.82) is 0 Å². The first-order valence-corrected chi connectivity index (χ1v) is 7.01. The summed E-state index contributed by atoms with van der Waals surface area (Å²) in [4.78, 5) is 0. The Morgan fingerprint density at radius 2 is 1.81 bits per heavy atom. The number of hydrogen-bond donors (Lipinski definition) is 2. The lowest BCUT2D eigenvalue weighted by molar-refractivity contribution is 0.576. The minimum absolute atomic E-state index is 0.0416. The van der Waals surface area contributed by atoms with Crippen LogP contribution in [-0.4, -0.2) is 28.1 Å². The fourth-order valence-corrected chi connectivity index (χ4v) is 2.46. The van der Waals surface area contributed by atoms with Gasteiger partial charge in [-0.15, -0.1) is 0 Å². The summed E-state index contributed by atoms with van der Waals surface area (Å²) in [6.45, 7) is 3.92. The monoisotopic (exact) mass is 242 g/mol. The maximum Gasteiger partial charge on any atom is 0.215 e. The maximum atomic E-state index is 11.6. The molecule has 1 rings (SSSR count). The lowest BCUT2D eigenvalue weighted by Crippen LogP contribution is -2.32. The second kappa shape index (κ2) is 6.62. The lowest BCUT2D eigenvalue weighted by atomic mass is 10.2. The zero-order chi connectivity index (χ0) is 11.9. The summed E-state index contributed by atoms with van der Waals surface area (Å²) >= 11 is 0. The van der Waals surface area contributed by atoms with E-state index in [9.17, 15) is 8.42 Å². The van der Waals surface area contributed by atoms with E-state index in [2.05, 4.69) is 10.0 Å². The van der Waals surface area contributed by atoms with Gasteiger partial charge in [0.2, 0.25) is 10.0 Å². The molecule has 0 saturated heterocycles. The highest BCUT2D eigenvalue weighted by atomic mass is 32.2. The Balaban J connectivity index is 2.40. The highest BCUT2D eigenvalue weighted by Gasteiger charge is 2.09. The minimum Gasteiger partial charge on any atom is -0.316 e. The molecule has 0 aromatic heterocycles. The van der Waals surface area contributed by atoms with Crippen LogP contribution in [0.15, 0.2) is 30.3 Å². The molecule has 0 aliphatic rings. The van der Waals surface area contributed by atoms with Gasteiger partial charge in [-0.3, -0.25) is 0 Å². The Hall–Kier alpha value is -0.910. The zero-order valence-electron chi connectivity index (χ0n) is 9.44. The molecule has 2 N–H and O–H groups in total. The van der Waals surface area contributed by atoms with Gasteiger partial charge in [0.15, 0.2) is 0 Å². The predicted octanol–water partition coefficient (Wildman–Crippen LogP) is 0.716. The van der Waals surface area contributed by atoms with Crippen molar-refractivity contribution in [2.75, 3.05) is 19.6 Å². The third kappa shape index (κ3) is 5.25. The van der Waals surface area contributed by atoms with Gasteiger partial charge >= 0.3 is 0 Å². The van der Waals surface area contributed by atoms with Gasteiger partial charge in [0.05, 0.1) is 5.75 Å². The van der Waals surface area contributed by atoms with Crippen molar-refractivity contribution in [3.05, 3.63) is 35.9 Å². The van der Waals surface area contributed by atoms with E-state index in [1.807, 2.05) is 37.3 Å². The van der Waals surface area contributed by atoms with Crippen molar-refractivity contribution in [2.45, 2.75) is 12.7 Å². The highest BCUT2D eigenvalue weighted by molar-refractivity contribution is 7.88. The van der Waals surface area contributed by atoms with Crippen molar-refractivity contribution in [1.82, 2.24) is 10.0 Å². The first-order chi connectivity index (χ1) is 7.64. The lowest BCUT2D eigenvalue weighted by Gasteiger charge is -2.06. The average molecular weight is 242 g/mol. The van der Waals surface area contributed by atoms with E-state index in [-0.39, 0.29) is 5.75 Å². The van der Waals surface area contributed by atoms with Crippen LogP contribution in [0.2, 0.25) is 0 Å². The predicted molar refractivity (Wildman–Crippen MR) is 65.6 cm³/mol. The molecule has 0 radical (unpaired) electrons. The molecule has 0 bridgehead atoms. The van der Waals surface area contributed by atoms with Crippen LogP contribution >= 0.6 is 0 Å². The van der Waals surface area contributed by atoms with Gasteiger partial charge in [-0.1, -0.05) is 37.3 Å². The maximum absolute atomic E-state index is 11.6. The van der Waals surface area contributed by atoms with E-state index in [0.29, 0.717) is 13.1 Å². The number of benzene rings is 1. The standard InChI is InChI=1S/C11H18N2O2S/c1-2-12-8-9-13-16(14,15)10-11-6-4-3-5-7-11/h3-7,12-13H,2,8-10H2,1H3. The average Bonchev–Trinajstić information content (AvgIpc) is 2.25. The number of sulfonamides is 1. The van der Waals surface area contributed by atoms with Crippen LogP contribution in [0.3, 0.4) is 0 Å². The first-order valence-electron chi connectivity index (χ1n) is 5.36. The Labute approximate surface area is 97.1 Å². The summed E-state index contributed by atoms with van der Waals surface area (Å²) in [7, 11) is -3.21. The molecule has 0 saturated carbocycles. The molecular weight excluding hydrogens is 224 g/mol. The molecule has 1 aromatic carbocycles. The molecule has 0 unspecified atom stereocenters. The van der Waals surface area contributed by atoms with Crippen molar-refractivity contribution in [3.63, 3.8) is 0 Å². The van der Waals surface area contributed by atoms with Crippen LogP contribution in [0.5, 0.6) is 0 Å². The molecule has 0 fully saturated rings. The van der Waals surface area contributed by atoms with E-state index in [4.69, 9.17) is 0 Å². The summed E-state index contributed by atoms with van der Waals surface area (Å²) < 4.78 is 25.8. The van der Waals surface area contributed by atoms with Gasteiger partial charge in [0.25, 0.3) is 0 Å². The molecule has 90 valence electrons. The summed E-state index contributed by atoms with van der Waals surface area (Å²) in [5, 5.41) is 3.06. The molecule has 0 amide bonds. The minimum atomic E-state index is -3.21. The third-order valence-corrected chi connectivity index (χ3v) is 3.43. The zero-order valence-corrected chi connectivity index (χ0v) is 10.3. The molecular formula is C11H18N2O2S. The smallest absolute Gasteiger partial charge is 0.215 e. The molecule has 5 heteroatoms. The van der Waals surface area contributed by atoms with Gasteiger partial charge in [0.1, 0.15) is 0 Å². The fourth-order valence-electron chi connectivity index (χ4n) is 1.32. The van der Waals surface area contributed by atoms with Gasteiger partial charge in [-0.2, -0.15) is 0 Å².